The number of carboxylic acid groups (broad SMARTS) is 2. The number of esters is 1. The first-order valence-electron chi connectivity index (χ1n) is 12.0. The van der Waals surface area contributed by atoms with Crippen LogP contribution in [-0.4, -0.2) is 52.7 Å². The van der Waals surface area contributed by atoms with E-state index in [2.05, 4.69) is 0 Å². The molecule has 0 spiro atoms. The molecule has 0 aliphatic carbocycles. The van der Waals surface area contributed by atoms with Crippen molar-refractivity contribution in [3.05, 3.63) is 82.9 Å². The number of halogens is 6. The zero-order valence-corrected chi connectivity index (χ0v) is 23.1. The number of carboxylic acids is 2. The minimum atomic E-state index is -4.45. The quantitative estimate of drug-likeness (QED) is 0.191. The Morgan fingerprint density at radius 2 is 1.26 bits per heavy atom. The topological polar surface area (TPSA) is 156 Å². The fourth-order valence-corrected chi connectivity index (χ4v) is 2.58. The summed E-state index contributed by atoms with van der Waals surface area (Å²) < 4.78 is 78.7. The molecule has 0 unspecified atom stereocenters. The van der Waals surface area contributed by atoms with Gasteiger partial charge in [0.1, 0.15) is 12.1 Å². The lowest BCUT2D eigenvalue weighted by atomic mass is 10.1. The van der Waals surface area contributed by atoms with Gasteiger partial charge in [-0.3, -0.25) is 14.4 Å². The van der Waals surface area contributed by atoms with Crippen molar-refractivity contribution in [2.75, 3.05) is 13.1 Å². The number of hydrogen-bond donors (Lipinski definition) is 4. The Morgan fingerprint density at radius 1 is 0.814 bits per heavy atom. The molecular formula is C28H30F6N2O7. The van der Waals surface area contributed by atoms with Gasteiger partial charge in [0.25, 0.3) is 0 Å². The summed E-state index contributed by atoms with van der Waals surface area (Å²) in [7, 11) is 0. The second kappa shape index (κ2) is 17.3. The molecular weight excluding hydrogens is 590 g/mol. The lowest BCUT2D eigenvalue weighted by Gasteiger charge is -2.18. The Bertz CT molecular complexity index is 1300. The van der Waals surface area contributed by atoms with E-state index in [1.54, 1.807) is 20.8 Å². The Kier molecular flexibility index (Phi) is 15.5. The fraction of sp³-hybridized carbons (Fsp3) is 0.286. The summed E-state index contributed by atoms with van der Waals surface area (Å²) in [6.07, 6.45) is -4.82. The summed E-state index contributed by atoms with van der Waals surface area (Å²) in [6.45, 7) is 4.82. The summed E-state index contributed by atoms with van der Waals surface area (Å²) in [6, 6.07) is 8.87. The number of rotatable bonds is 7. The van der Waals surface area contributed by atoms with E-state index in [1.165, 1.54) is 30.3 Å². The third-order valence-electron chi connectivity index (χ3n) is 4.27. The highest BCUT2D eigenvalue weighted by atomic mass is 19.4. The van der Waals surface area contributed by atoms with E-state index < -0.39 is 53.5 Å². The van der Waals surface area contributed by atoms with Gasteiger partial charge in [-0.15, -0.1) is 0 Å². The molecule has 236 valence electrons. The third kappa shape index (κ3) is 19.2. The normalized spacial score (nSPS) is 11.6. The second-order valence-electron chi connectivity index (χ2n) is 9.15. The number of nitrogens with one attached hydrogen (secondary N) is 1. The van der Waals surface area contributed by atoms with Crippen molar-refractivity contribution in [3.63, 3.8) is 0 Å². The van der Waals surface area contributed by atoms with E-state index in [1.807, 2.05) is 5.32 Å². The van der Waals surface area contributed by atoms with E-state index in [4.69, 9.17) is 20.7 Å². The number of carbonyl (C=O) groups is 4. The van der Waals surface area contributed by atoms with Gasteiger partial charge in [0.05, 0.1) is 17.7 Å². The molecule has 2 rings (SSSR count). The van der Waals surface area contributed by atoms with Crippen molar-refractivity contribution in [1.29, 1.82) is 0 Å². The van der Waals surface area contributed by atoms with E-state index in [-0.39, 0.29) is 23.6 Å². The molecule has 2 aromatic carbocycles. The van der Waals surface area contributed by atoms with Crippen LogP contribution in [-0.2, 0) is 36.3 Å². The van der Waals surface area contributed by atoms with Gasteiger partial charge in [-0.05, 0) is 68.3 Å². The maximum absolute atomic E-state index is 12.4. The predicted molar refractivity (Wildman–Crippen MR) is 144 cm³/mol. The van der Waals surface area contributed by atoms with Gasteiger partial charge in [-0.25, -0.2) is 4.79 Å². The molecule has 2 aromatic rings. The monoisotopic (exact) mass is 620 g/mol. The van der Waals surface area contributed by atoms with Crippen LogP contribution in [0, 0.1) is 0 Å². The first-order chi connectivity index (χ1) is 19.6. The summed E-state index contributed by atoms with van der Waals surface area (Å²) in [5.74, 6) is -3.46. The minimum Gasteiger partial charge on any atom is -0.480 e. The first-order valence-corrected chi connectivity index (χ1v) is 12.0. The Balaban J connectivity index is 0.000000656. The molecule has 43 heavy (non-hydrogen) atoms. The average Bonchev–Trinajstić information content (AvgIpc) is 2.88. The largest absolute Gasteiger partial charge is 0.480 e. The van der Waals surface area contributed by atoms with E-state index in [0.29, 0.717) is 0 Å². The third-order valence-corrected chi connectivity index (χ3v) is 4.27. The lowest BCUT2D eigenvalue weighted by molar-refractivity contribution is -0.153. The molecule has 1 amide bonds. The van der Waals surface area contributed by atoms with Crippen LogP contribution < -0.4 is 11.1 Å². The SMILES string of the molecule is CC(C)(C)OC(=O)CN.O=C(O)/C=C/c1cccc(C(F)(F)F)c1.O=C(O)CNC(=O)/C=C/c1cccc(C(F)(F)F)c1. The summed E-state index contributed by atoms with van der Waals surface area (Å²) in [5, 5.41) is 18.7. The van der Waals surface area contributed by atoms with E-state index in [0.717, 1.165) is 42.5 Å². The molecule has 9 nitrogen and oxygen atoms in total. The zero-order valence-electron chi connectivity index (χ0n) is 23.1. The van der Waals surface area contributed by atoms with Crippen molar-refractivity contribution in [3.8, 4) is 0 Å². The molecule has 0 bridgehead atoms. The minimum absolute atomic E-state index is 0.0444. The number of benzene rings is 2. The predicted octanol–water partition coefficient (Wildman–Crippen LogP) is 5.01. The molecule has 0 radical (unpaired) electrons. The van der Waals surface area contributed by atoms with Gasteiger partial charge < -0.3 is 26.0 Å². The Hall–Kier alpha value is -4.66. The highest BCUT2D eigenvalue weighted by molar-refractivity contribution is 5.93. The van der Waals surface area contributed by atoms with Crippen molar-refractivity contribution >= 4 is 36.0 Å². The van der Waals surface area contributed by atoms with Crippen molar-refractivity contribution in [2.24, 2.45) is 5.73 Å². The number of amides is 1. The van der Waals surface area contributed by atoms with Gasteiger partial charge in [0.15, 0.2) is 0 Å². The van der Waals surface area contributed by atoms with Crippen LogP contribution in [0.25, 0.3) is 12.2 Å². The molecule has 0 aliphatic rings. The first kappa shape index (κ1) is 38.3. The Morgan fingerprint density at radius 3 is 1.58 bits per heavy atom. The van der Waals surface area contributed by atoms with Gasteiger partial charge in [0, 0.05) is 12.2 Å². The molecule has 15 heteroatoms. The number of aliphatic carboxylic acids is 2. The standard InChI is InChI=1S/C12H10F3NO3.C10H7F3O2.C6H13NO2/c13-12(14,15)9-3-1-2-8(6-9)4-5-10(17)16-7-11(18)19;11-10(12,13)8-3-1-2-7(6-8)4-5-9(14)15;1-6(2,3)9-5(8)4-7/h1-6H,7H2,(H,16,17)(H,18,19);1-6H,(H,14,15);4,7H2,1-3H3/b2*5-4+;. The van der Waals surface area contributed by atoms with Crippen molar-refractivity contribution < 1.29 is 60.5 Å². The number of nitrogens with two attached hydrogens (primary N) is 1. The van der Waals surface area contributed by atoms with E-state index >= 15 is 0 Å². The zero-order chi connectivity index (χ0) is 33.4. The van der Waals surface area contributed by atoms with Crippen LogP contribution >= 0.6 is 0 Å². The van der Waals surface area contributed by atoms with Crippen LogP contribution in [0.4, 0.5) is 26.3 Å². The summed E-state index contributed by atoms with van der Waals surface area (Å²) in [5.41, 5.74) is 3.38. The summed E-state index contributed by atoms with van der Waals surface area (Å²) >= 11 is 0. The second-order valence-corrected chi connectivity index (χ2v) is 9.15. The molecule has 0 saturated carbocycles. The number of ether oxygens (including phenoxy) is 1. The Labute approximate surface area is 242 Å². The number of carbonyl (C=O) groups excluding carboxylic acids is 2. The van der Waals surface area contributed by atoms with Crippen LogP contribution in [0.2, 0.25) is 0 Å². The van der Waals surface area contributed by atoms with Crippen LogP contribution in [0.3, 0.4) is 0 Å². The molecule has 0 aromatic heterocycles. The maximum atomic E-state index is 12.4. The number of hydrogen-bond acceptors (Lipinski definition) is 6. The van der Waals surface area contributed by atoms with Crippen molar-refractivity contribution in [2.45, 2.75) is 38.7 Å². The van der Waals surface area contributed by atoms with E-state index in [9.17, 15) is 45.5 Å². The molecule has 0 atom stereocenters. The highest BCUT2D eigenvalue weighted by Gasteiger charge is 2.30. The molecule has 0 heterocycles. The lowest BCUT2D eigenvalue weighted by Crippen LogP contribution is -2.28. The number of alkyl halides is 6. The van der Waals surface area contributed by atoms with Crippen LogP contribution in [0.1, 0.15) is 43.0 Å². The summed E-state index contributed by atoms with van der Waals surface area (Å²) in [4.78, 5) is 41.9. The van der Waals surface area contributed by atoms with Gasteiger partial charge in [-0.1, -0.05) is 24.3 Å². The highest BCUT2D eigenvalue weighted by Crippen LogP contribution is 2.30. The van der Waals surface area contributed by atoms with Gasteiger partial charge >= 0.3 is 30.3 Å². The molecule has 0 aliphatic heterocycles. The van der Waals surface area contributed by atoms with Crippen LogP contribution in [0.5, 0.6) is 0 Å². The molecule has 0 fully saturated rings. The molecule has 0 saturated heterocycles. The van der Waals surface area contributed by atoms with Crippen LogP contribution in [0.15, 0.2) is 60.7 Å². The maximum Gasteiger partial charge on any atom is 0.416 e. The van der Waals surface area contributed by atoms with Gasteiger partial charge in [0.2, 0.25) is 5.91 Å². The fourth-order valence-electron chi connectivity index (χ4n) is 2.58. The van der Waals surface area contributed by atoms with Crippen molar-refractivity contribution in [1.82, 2.24) is 5.32 Å². The molecule has 5 N–H and O–H groups in total. The van der Waals surface area contributed by atoms with Gasteiger partial charge in [-0.2, -0.15) is 26.3 Å². The average molecular weight is 621 g/mol. The smallest absolute Gasteiger partial charge is 0.416 e.